The van der Waals surface area contributed by atoms with Crippen molar-refractivity contribution in [2.75, 3.05) is 5.32 Å². The van der Waals surface area contributed by atoms with E-state index in [1.165, 1.54) is 36.4 Å². The van der Waals surface area contributed by atoms with Gasteiger partial charge in [0.05, 0.1) is 5.02 Å². The summed E-state index contributed by atoms with van der Waals surface area (Å²) in [6.07, 6.45) is 0. The van der Waals surface area contributed by atoms with E-state index in [1.54, 1.807) is 6.07 Å². The van der Waals surface area contributed by atoms with Crippen LogP contribution in [0, 0.1) is 0 Å². The van der Waals surface area contributed by atoms with Crippen LogP contribution in [-0.2, 0) is 0 Å². The fourth-order valence-electron chi connectivity index (χ4n) is 2.25. The molecule has 0 aliphatic rings. The van der Waals surface area contributed by atoms with Gasteiger partial charge in [-0.3, -0.25) is 4.79 Å². The number of fused-ring (bicyclic) bond motifs is 1. The Bertz CT molecular complexity index is 1000. The molecule has 0 radical (unpaired) electrons. The molecular formula is C17H10ClF2NO5. The van der Waals surface area contributed by atoms with E-state index in [-0.39, 0.29) is 33.4 Å². The van der Waals surface area contributed by atoms with Crippen molar-refractivity contribution in [3.05, 3.63) is 58.8 Å². The Morgan fingerprint density at radius 3 is 2.58 bits per heavy atom. The number of ether oxygens (including phenoxy) is 1. The topological polar surface area (TPSA) is 88.8 Å². The number of aromatic carboxylic acids is 1. The van der Waals surface area contributed by atoms with E-state index >= 15 is 0 Å². The van der Waals surface area contributed by atoms with Gasteiger partial charge in [0.1, 0.15) is 11.3 Å². The molecule has 3 aromatic rings. The third-order valence-electron chi connectivity index (χ3n) is 3.40. The normalized spacial score (nSPS) is 10.9. The third kappa shape index (κ3) is 3.75. The average molecular weight is 382 g/mol. The molecule has 0 spiro atoms. The Morgan fingerprint density at radius 1 is 1.15 bits per heavy atom. The molecule has 1 amide bonds. The van der Waals surface area contributed by atoms with E-state index in [2.05, 4.69) is 10.1 Å². The zero-order valence-corrected chi connectivity index (χ0v) is 13.6. The van der Waals surface area contributed by atoms with Gasteiger partial charge in [-0.15, -0.1) is 0 Å². The van der Waals surface area contributed by atoms with Gasteiger partial charge < -0.3 is 19.6 Å². The maximum absolute atomic E-state index is 12.3. The van der Waals surface area contributed by atoms with E-state index < -0.39 is 18.5 Å². The highest BCUT2D eigenvalue weighted by molar-refractivity contribution is 6.32. The van der Waals surface area contributed by atoms with Crippen LogP contribution in [0.15, 0.2) is 46.9 Å². The summed E-state index contributed by atoms with van der Waals surface area (Å²) in [6, 6.07) is 9.62. The van der Waals surface area contributed by atoms with Crippen molar-refractivity contribution < 1.29 is 32.6 Å². The second kappa shape index (κ2) is 7.01. The molecule has 0 aliphatic carbocycles. The number of hydrogen-bond donors (Lipinski definition) is 2. The van der Waals surface area contributed by atoms with Crippen LogP contribution in [0.4, 0.5) is 14.5 Å². The number of carboxylic acids is 1. The first-order chi connectivity index (χ1) is 12.3. The SMILES string of the molecule is O=C(Nc1ccc(OC(F)F)c(Cl)c1)c1ccc2cc(C(=O)O)oc2c1. The number of halogens is 3. The Kier molecular flexibility index (Phi) is 4.77. The number of furan rings is 1. The van der Waals surface area contributed by atoms with Crippen LogP contribution in [0.2, 0.25) is 5.02 Å². The Labute approximate surface area is 149 Å². The Morgan fingerprint density at radius 2 is 1.92 bits per heavy atom. The number of rotatable bonds is 5. The maximum Gasteiger partial charge on any atom is 0.387 e. The summed E-state index contributed by atoms with van der Waals surface area (Å²) >= 11 is 5.83. The summed E-state index contributed by atoms with van der Waals surface area (Å²) in [5.74, 6) is -2.18. The first-order valence-corrected chi connectivity index (χ1v) is 7.54. The van der Waals surface area contributed by atoms with Crippen molar-refractivity contribution in [3.8, 4) is 5.75 Å². The minimum absolute atomic E-state index is 0.0873. The lowest BCUT2D eigenvalue weighted by Gasteiger charge is -2.09. The minimum Gasteiger partial charge on any atom is -0.475 e. The third-order valence-corrected chi connectivity index (χ3v) is 3.69. The minimum atomic E-state index is -3.01. The standard InChI is InChI=1S/C17H10ClF2NO5/c18-11-7-10(3-4-12(11)26-17(19)20)21-15(22)9-2-1-8-5-14(16(23)24)25-13(8)6-9/h1-7,17H,(H,21,22)(H,23,24). The number of nitrogens with one attached hydrogen (secondary N) is 1. The molecule has 0 saturated heterocycles. The molecule has 2 aromatic carbocycles. The van der Waals surface area contributed by atoms with Gasteiger partial charge in [0.2, 0.25) is 5.76 Å². The molecule has 0 fully saturated rings. The van der Waals surface area contributed by atoms with Gasteiger partial charge in [0, 0.05) is 16.6 Å². The smallest absolute Gasteiger partial charge is 0.387 e. The monoisotopic (exact) mass is 381 g/mol. The number of alkyl halides is 2. The summed E-state index contributed by atoms with van der Waals surface area (Å²) in [7, 11) is 0. The summed E-state index contributed by atoms with van der Waals surface area (Å²) in [6.45, 7) is -3.01. The lowest BCUT2D eigenvalue weighted by molar-refractivity contribution is -0.0497. The van der Waals surface area contributed by atoms with E-state index in [9.17, 15) is 18.4 Å². The predicted octanol–water partition coefficient (Wildman–Crippen LogP) is 4.64. The maximum atomic E-state index is 12.3. The van der Waals surface area contributed by atoms with E-state index in [0.29, 0.717) is 5.39 Å². The van der Waals surface area contributed by atoms with E-state index in [1.807, 2.05) is 0 Å². The quantitative estimate of drug-likeness (QED) is 0.672. The van der Waals surface area contributed by atoms with Crippen molar-refractivity contribution in [2.24, 2.45) is 0 Å². The van der Waals surface area contributed by atoms with Crippen LogP contribution < -0.4 is 10.1 Å². The molecular weight excluding hydrogens is 372 g/mol. The molecule has 26 heavy (non-hydrogen) atoms. The fourth-order valence-corrected chi connectivity index (χ4v) is 2.48. The molecule has 0 saturated carbocycles. The fraction of sp³-hybridized carbons (Fsp3) is 0.0588. The summed E-state index contributed by atoms with van der Waals surface area (Å²) in [5.41, 5.74) is 0.731. The predicted molar refractivity (Wildman–Crippen MR) is 89.2 cm³/mol. The van der Waals surface area contributed by atoms with Gasteiger partial charge in [0.15, 0.2) is 0 Å². The van der Waals surface area contributed by atoms with Crippen LogP contribution in [0.3, 0.4) is 0 Å². The molecule has 0 bridgehead atoms. The molecule has 3 rings (SSSR count). The number of amides is 1. The second-order valence-electron chi connectivity index (χ2n) is 5.15. The van der Waals surface area contributed by atoms with E-state index in [0.717, 1.165) is 0 Å². The second-order valence-corrected chi connectivity index (χ2v) is 5.55. The highest BCUT2D eigenvalue weighted by Crippen LogP contribution is 2.29. The largest absolute Gasteiger partial charge is 0.475 e. The van der Waals surface area contributed by atoms with E-state index in [4.69, 9.17) is 21.1 Å². The zero-order chi connectivity index (χ0) is 18.8. The molecule has 2 N–H and O–H groups in total. The van der Waals surface area contributed by atoms with Crippen molar-refractivity contribution in [3.63, 3.8) is 0 Å². The van der Waals surface area contributed by atoms with Gasteiger partial charge >= 0.3 is 12.6 Å². The molecule has 0 aliphatic heterocycles. The van der Waals surface area contributed by atoms with Crippen molar-refractivity contribution >= 4 is 40.1 Å². The van der Waals surface area contributed by atoms with Gasteiger partial charge in [-0.25, -0.2) is 4.79 Å². The number of benzene rings is 2. The Balaban J connectivity index is 1.80. The molecule has 9 heteroatoms. The van der Waals surface area contributed by atoms with Gasteiger partial charge in [-0.2, -0.15) is 8.78 Å². The van der Waals surface area contributed by atoms with Gasteiger partial charge in [-0.1, -0.05) is 17.7 Å². The molecule has 134 valence electrons. The van der Waals surface area contributed by atoms with Crippen molar-refractivity contribution in [1.82, 2.24) is 0 Å². The van der Waals surface area contributed by atoms with Crippen LogP contribution in [0.1, 0.15) is 20.9 Å². The molecule has 0 unspecified atom stereocenters. The molecule has 1 heterocycles. The first kappa shape index (κ1) is 17.7. The van der Waals surface area contributed by atoms with Crippen molar-refractivity contribution in [1.29, 1.82) is 0 Å². The lowest BCUT2D eigenvalue weighted by atomic mass is 10.1. The number of carboxylic acid groups (broad SMARTS) is 1. The molecule has 0 atom stereocenters. The van der Waals surface area contributed by atoms with Crippen LogP contribution >= 0.6 is 11.6 Å². The first-order valence-electron chi connectivity index (χ1n) is 7.16. The van der Waals surface area contributed by atoms with Crippen LogP contribution in [-0.4, -0.2) is 23.6 Å². The summed E-state index contributed by atoms with van der Waals surface area (Å²) in [5, 5.41) is 11.9. The Hall–Kier alpha value is -3.13. The molecule has 6 nitrogen and oxygen atoms in total. The van der Waals surface area contributed by atoms with Crippen LogP contribution in [0.5, 0.6) is 5.75 Å². The highest BCUT2D eigenvalue weighted by atomic mass is 35.5. The molecule has 1 aromatic heterocycles. The number of hydrogen-bond acceptors (Lipinski definition) is 4. The van der Waals surface area contributed by atoms with Crippen LogP contribution in [0.25, 0.3) is 11.0 Å². The summed E-state index contributed by atoms with van der Waals surface area (Å²) < 4.78 is 33.8. The lowest BCUT2D eigenvalue weighted by Crippen LogP contribution is -2.11. The number of carbonyl (C=O) groups is 2. The van der Waals surface area contributed by atoms with Gasteiger partial charge in [-0.05, 0) is 36.4 Å². The highest BCUT2D eigenvalue weighted by Gasteiger charge is 2.14. The van der Waals surface area contributed by atoms with Gasteiger partial charge in [0.25, 0.3) is 5.91 Å². The number of carbonyl (C=O) groups excluding carboxylic acids is 1. The number of anilines is 1. The zero-order valence-electron chi connectivity index (χ0n) is 12.8. The average Bonchev–Trinajstić information content (AvgIpc) is 3.00. The van der Waals surface area contributed by atoms with Crippen molar-refractivity contribution in [2.45, 2.75) is 6.61 Å². The summed E-state index contributed by atoms with van der Waals surface area (Å²) in [4.78, 5) is 23.2.